The summed E-state index contributed by atoms with van der Waals surface area (Å²) >= 11 is 0. The van der Waals surface area contributed by atoms with Crippen LogP contribution >= 0.6 is 0 Å². The number of ether oxygens (including phenoxy) is 1. The lowest BCUT2D eigenvalue weighted by molar-refractivity contribution is -0.00865. The van der Waals surface area contributed by atoms with E-state index in [9.17, 15) is 13.6 Å². The number of carbonyl (C=O) groups is 1. The molecule has 1 aromatic rings. The minimum atomic E-state index is -0.912. The first-order chi connectivity index (χ1) is 9.01. The smallest absolute Gasteiger partial charge is 0.254 e. The number of hydrogen-bond donors (Lipinski definition) is 2. The zero-order valence-electron chi connectivity index (χ0n) is 10.6. The molecule has 4 nitrogen and oxygen atoms in total. The van der Waals surface area contributed by atoms with Crippen LogP contribution in [0.2, 0.25) is 0 Å². The summed E-state index contributed by atoms with van der Waals surface area (Å²) in [6, 6.07) is 1.60. The van der Waals surface area contributed by atoms with E-state index >= 15 is 0 Å². The van der Waals surface area contributed by atoms with Crippen molar-refractivity contribution < 1.29 is 18.3 Å². The van der Waals surface area contributed by atoms with Crippen LogP contribution in [0.15, 0.2) is 12.1 Å². The van der Waals surface area contributed by atoms with E-state index < -0.39 is 17.5 Å². The normalized spacial score (nSPS) is 21.8. The van der Waals surface area contributed by atoms with Gasteiger partial charge in [-0.3, -0.25) is 4.79 Å². The van der Waals surface area contributed by atoms with Gasteiger partial charge in [0, 0.05) is 18.7 Å². The lowest BCUT2D eigenvalue weighted by atomic mass is 9.89. The van der Waals surface area contributed by atoms with Crippen molar-refractivity contribution in [3.05, 3.63) is 29.3 Å². The second-order valence-electron chi connectivity index (χ2n) is 4.57. The van der Waals surface area contributed by atoms with Crippen LogP contribution in [0.5, 0.6) is 0 Å². The van der Waals surface area contributed by atoms with Crippen molar-refractivity contribution in [2.45, 2.75) is 31.9 Å². The van der Waals surface area contributed by atoms with Gasteiger partial charge in [-0.15, -0.1) is 0 Å². The number of nitrogens with two attached hydrogens (primary N) is 1. The van der Waals surface area contributed by atoms with Gasteiger partial charge in [0.1, 0.15) is 11.6 Å². The Morgan fingerprint density at radius 1 is 1.42 bits per heavy atom. The topological polar surface area (TPSA) is 64.3 Å². The molecule has 2 rings (SSSR count). The minimum absolute atomic E-state index is 0.0327. The summed E-state index contributed by atoms with van der Waals surface area (Å²) in [6.07, 6.45) is 1.56. The van der Waals surface area contributed by atoms with E-state index in [0.29, 0.717) is 25.5 Å². The Balaban J connectivity index is 1.96. The molecule has 0 aliphatic heterocycles. The van der Waals surface area contributed by atoms with Crippen LogP contribution in [-0.2, 0) is 4.74 Å². The molecule has 0 radical (unpaired) electrons. The number of benzene rings is 1. The molecule has 0 unspecified atom stereocenters. The summed E-state index contributed by atoms with van der Waals surface area (Å²) in [4.78, 5) is 11.8. The number of nitrogen functional groups attached to an aromatic ring is 1. The number of carbonyl (C=O) groups excluding carboxylic acids is 1. The Bertz CT molecular complexity index is 488. The van der Waals surface area contributed by atoms with Crippen LogP contribution in [0.1, 0.15) is 30.1 Å². The molecule has 1 saturated carbocycles. The van der Waals surface area contributed by atoms with Crippen LogP contribution in [0.4, 0.5) is 14.5 Å². The maximum Gasteiger partial charge on any atom is 0.254 e. The lowest BCUT2D eigenvalue weighted by Crippen LogP contribution is -2.48. The molecule has 1 amide bonds. The highest BCUT2D eigenvalue weighted by atomic mass is 19.1. The highest BCUT2D eigenvalue weighted by molar-refractivity contribution is 5.95. The Hall–Kier alpha value is -1.69. The van der Waals surface area contributed by atoms with Gasteiger partial charge in [0.25, 0.3) is 5.91 Å². The number of rotatable bonds is 4. The molecule has 0 atom stereocenters. The molecule has 1 fully saturated rings. The molecule has 1 aliphatic rings. The van der Waals surface area contributed by atoms with Gasteiger partial charge in [-0.25, -0.2) is 8.78 Å². The molecule has 1 aliphatic carbocycles. The number of halogens is 2. The lowest BCUT2D eigenvalue weighted by Gasteiger charge is -2.35. The molecule has 0 bridgehead atoms. The van der Waals surface area contributed by atoms with Gasteiger partial charge in [-0.1, -0.05) is 0 Å². The maximum absolute atomic E-state index is 13.5. The molecule has 6 heteroatoms. The van der Waals surface area contributed by atoms with Gasteiger partial charge >= 0.3 is 0 Å². The largest absolute Gasteiger partial charge is 0.396 e. The van der Waals surface area contributed by atoms with E-state index in [1.165, 1.54) is 0 Å². The maximum atomic E-state index is 13.5. The third-order valence-corrected chi connectivity index (χ3v) is 3.16. The summed E-state index contributed by atoms with van der Waals surface area (Å²) < 4.78 is 31.8. The number of amides is 1. The summed E-state index contributed by atoms with van der Waals surface area (Å²) in [5, 5.41) is 2.67. The predicted molar refractivity (Wildman–Crippen MR) is 66.7 cm³/mol. The van der Waals surface area contributed by atoms with Crippen LogP contribution in [0.3, 0.4) is 0 Å². The first-order valence-electron chi connectivity index (χ1n) is 6.18. The van der Waals surface area contributed by atoms with Gasteiger partial charge < -0.3 is 15.8 Å². The van der Waals surface area contributed by atoms with Crippen molar-refractivity contribution >= 4 is 11.6 Å². The van der Waals surface area contributed by atoms with E-state index in [1.54, 1.807) is 0 Å². The van der Waals surface area contributed by atoms with Gasteiger partial charge in [0.05, 0.1) is 17.4 Å². The second kappa shape index (κ2) is 5.52. The quantitative estimate of drug-likeness (QED) is 0.821. The fourth-order valence-corrected chi connectivity index (χ4v) is 2.06. The van der Waals surface area contributed by atoms with Crippen molar-refractivity contribution in [3.63, 3.8) is 0 Å². The van der Waals surface area contributed by atoms with Crippen LogP contribution < -0.4 is 11.1 Å². The SMILES string of the molecule is CCOC1CC(NC(=O)c2cc(N)c(F)cc2F)C1. The monoisotopic (exact) mass is 270 g/mol. The van der Waals surface area contributed by atoms with Crippen molar-refractivity contribution in [1.82, 2.24) is 5.32 Å². The predicted octanol–water partition coefficient (Wildman–Crippen LogP) is 1.84. The molecular weight excluding hydrogens is 254 g/mol. The van der Waals surface area contributed by atoms with Crippen molar-refractivity contribution in [2.75, 3.05) is 12.3 Å². The average Bonchev–Trinajstić information content (AvgIpc) is 2.31. The number of anilines is 1. The molecule has 1 aromatic carbocycles. The van der Waals surface area contributed by atoms with E-state index in [1.807, 2.05) is 6.92 Å². The summed E-state index contributed by atoms with van der Waals surface area (Å²) in [5.41, 5.74) is 4.84. The third kappa shape index (κ3) is 3.01. The zero-order valence-corrected chi connectivity index (χ0v) is 10.6. The van der Waals surface area contributed by atoms with Crippen LogP contribution in [0.25, 0.3) is 0 Å². The molecular formula is C13H16F2N2O2. The first kappa shape index (κ1) is 13.7. The standard InChI is InChI=1S/C13H16F2N2O2/c1-2-19-8-3-7(4-8)17-13(18)9-5-12(16)11(15)6-10(9)14/h5-8H,2-4,16H2,1H3,(H,17,18). The van der Waals surface area contributed by atoms with Crippen molar-refractivity contribution in [3.8, 4) is 0 Å². The van der Waals surface area contributed by atoms with Gasteiger partial charge in [0.15, 0.2) is 0 Å². The van der Waals surface area contributed by atoms with Crippen molar-refractivity contribution in [1.29, 1.82) is 0 Å². The molecule has 104 valence electrons. The summed E-state index contributed by atoms with van der Waals surface area (Å²) in [7, 11) is 0. The minimum Gasteiger partial charge on any atom is -0.396 e. The molecule has 0 saturated heterocycles. The first-order valence-corrected chi connectivity index (χ1v) is 6.18. The number of nitrogens with one attached hydrogen (secondary N) is 1. The van der Waals surface area contributed by atoms with Gasteiger partial charge in [-0.05, 0) is 25.8 Å². The molecule has 0 spiro atoms. The molecule has 19 heavy (non-hydrogen) atoms. The number of hydrogen-bond acceptors (Lipinski definition) is 3. The second-order valence-corrected chi connectivity index (χ2v) is 4.57. The van der Waals surface area contributed by atoms with E-state index in [2.05, 4.69) is 5.32 Å². The van der Waals surface area contributed by atoms with Crippen LogP contribution in [0, 0.1) is 11.6 Å². The Morgan fingerprint density at radius 2 is 2.11 bits per heavy atom. The van der Waals surface area contributed by atoms with Gasteiger partial charge in [0.2, 0.25) is 0 Å². The average molecular weight is 270 g/mol. The summed E-state index contributed by atoms with van der Waals surface area (Å²) in [5.74, 6) is -2.36. The highest BCUT2D eigenvalue weighted by Crippen LogP contribution is 2.24. The van der Waals surface area contributed by atoms with E-state index in [-0.39, 0.29) is 23.4 Å². The Morgan fingerprint density at radius 3 is 2.74 bits per heavy atom. The zero-order chi connectivity index (χ0) is 14.0. The molecule has 3 N–H and O–H groups in total. The molecule has 0 aromatic heterocycles. The van der Waals surface area contributed by atoms with Crippen molar-refractivity contribution in [2.24, 2.45) is 0 Å². The van der Waals surface area contributed by atoms with E-state index in [0.717, 1.165) is 6.07 Å². The fraction of sp³-hybridized carbons (Fsp3) is 0.462. The van der Waals surface area contributed by atoms with E-state index in [4.69, 9.17) is 10.5 Å². The highest BCUT2D eigenvalue weighted by Gasteiger charge is 2.31. The molecule has 0 heterocycles. The Labute approximate surface area is 109 Å². The van der Waals surface area contributed by atoms with Gasteiger partial charge in [-0.2, -0.15) is 0 Å². The fourth-order valence-electron chi connectivity index (χ4n) is 2.06. The third-order valence-electron chi connectivity index (χ3n) is 3.16. The van der Waals surface area contributed by atoms with Crippen LogP contribution in [-0.4, -0.2) is 24.7 Å². The summed E-state index contributed by atoms with van der Waals surface area (Å²) in [6.45, 7) is 2.54. The Kier molecular flexibility index (Phi) is 3.99.